The lowest BCUT2D eigenvalue weighted by Crippen LogP contribution is -2.24. The van der Waals surface area contributed by atoms with Crippen LogP contribution in [0.25, 0.3) is 16.9 Å². The summed E-state index contributed by atoms with van der Waals surface area (Å²) in [4.78, 5) is 39.5. The van der Waals surface area contributed by atoms with Gasteiger partial charge in [-0.15, -0.1) is 15.3 Å². The van der Waals surface area contributed by atoms with Gasteiger partial charge in [0, 0.05) is 5.56 Å². The SMILES string of the molecule is CCOC(=O)c1c(C(=O)Nc2nnc(S(N)(=O)=O)s2)nn(-c2cccc(N=N/C(C(=O)OC(C)(C)C)=C(/C)O)c2)c1-c1ccccc1. The maximum Gasteiger partial charge on any atom is 0.362 e. The van der Waals surface area contributed by atoms with Crippen LogP contribution in [0.5, 0.6) is 0 Å². The van der Waals surface area contributed by atoms with Crippen LogP contribution >= 0.6 is 11.3 Å². The Balaban J connectivity index is 1.85. The smallest absolute Gasteiger partial charge is 0.362 e. The summed E-state index contributed by atoms with van der Waals surface area (Å²) >= 11 is 0.512. The molecule has 0 saturated heterocycles. The number of nitrogens with two attached hydrogens (primary N) is 1. The van der Waals surface area contributed by atoms with Crippen molar-refractivity contribution in [2.45, 2.75) is 44.6 Å². The molecule has 2 aromatic heterocycles. The highest BCUT2D eigenvalue weighted by Gasteiger charge is 2.31. The second-order valence-electron chi connectivity index (χ2n) is 10.6. The number of azo groups is 1. The highest BCUT2D eigenvalue weighted by atomic mass is 32.2. The summed E-state index contributed by atoms with van der Waals surface area (Å²) in [5.74, 6) is -3.05. The number of ether oxygens (including phenoxy) is 2. The summed E-state index contributed by atoms with van der Waals surface area (Å²) in [6.07, 6.45) is 0. The van der Waals surface area contributed by atoms with Crippen LogP contribution < -0.4 is 10.5 Å². The zero-order valence-corrected chi connectivity index (χ0v) is 27.4. The molecule has 0 unspecified atom stereocenters. The Morgan fingerprint density at radius 3 is 2.38 bits per heavy atom. The second-order valence-corrected chi connectivity index (χ2v) is 13.3. The number of carbonyl (C=O) groups excluding carboxylic acids is 3. The highest BCUT2D eigenvalue weighted by molar-refractivity contribution is 7.91. The number of nitrogens with zero attached hydrogens (tertiary/aromatic N) is 6. The van der Waals surface area contributed by atoms with Gasteiger partial charge in [-0.05, 0) is 52.8 Å². The molecule has 1 amide bonds. The Bertz CT molecular complexity index is 1990. The summed E-state index contributed by atoms with van der Waals surface area (Å²) < 4.78 is 34.7. The molecule has 0 aliphatic heterocycles. The number of primary sulfonamides is 1. The molecule has 18 heteroatoms. The lowest BCUT2D eigenvalue weighted by atomic mass is 10.0. The number of aliphatic hydroxyl groups excluding tert-OH is 1. The zero-order valence-electron chi connectivity index (χ0n) is 25.8. The monoisotopic (exact) mass is 682 g/mol. The van der Waals surface area contributed by atoms with Gasteiger partial charge in [0.05, 0.1) is 23.7 Å². The second kappa shape index (κ2) is 14.0. The summed E-state index contributed by atoms with van der Waals surface area (Å²) in [5.41, 5.74) is -0.590. The van der Waals surface area contributed by atoms with E-state index in [1.165, 1.54) is 17.7 Å². The van der Waals surface area contributed by atoms with Crippen molar-refractivity contribution in [2.24, 2.45) is 15.4 Å². The van der Waals surface area contributed by atoms with Gasteiger partial charge in [-0.1, -0.05) is 47.7 Å². The Hall–Kier alpha value is -5.33. The van der Waals surface area contributed by atoms with Gasteiger partial charge in [-0.3, -0.25) is 10.1 Å². The molecule has 4 aromatic rings. The number of hydrogen-bond acceptors (Lipinski definition) is 14. The van der Waals surface area contributed by atoms with E-state index < -0.39 is 49.3 Å². The number of amides is 1. The van der Waals surface area contributed by atoms with E-state index >= 15 is 0 Å². The van der Waals surface area contributed by atoms with Crippen LogP contribution in [-0.2, 0) is 24.3 Å². The van der Waals surface area contributed by atoms with E-state index in [2.05, 4.69) is 30.8 Å². The van der Waals surface area contributed by atoms with Crippen LogP contribution in [-0.4, -0.2) is 63.6 Å². The van der Waals surface area contributed by atoms with Crippen LogP contribution in [0.1, 0.15) is 55.5 Å². The first-order valence-electron chi connectivity index (χ1n) is 13.8. The molecule has 0 bridgehead atoms. The fraction of sp³-hybridized carbons (Fsp3) is 0.241. The predicted octanol–water partition coefficient (Wildman–Crippen LogP) is 4.68. The number of carbonyl (C=O) groups is 3. The molecule has 4 rings (SSSR count). The first-order valence-corrected chi connectivity index (χ1v) is 16.1. The highest BCUT2D eigenvalue weighted by Crippen LogP contribution is 2.32. The average Bonchev–Trinajstić information content (AvgIpc) is 3.63. The van der Waals surface area contributed by atoms with E-state index in [-0.39, 0.29) is 34.4 Å². The number of esters is 2. The number of rotatable bonds is 10. The van der Waals surface area contributed by atoms with Crippen LogP contribution in [0.15, 0.2) is 80.6 Å². The molecule has 16 nitrogen and oxygen atoms in total. The number of anilines is 1. The molecule has 4 N–H and O–H groups in total. The van der Waals surface area contributed by atoms with E-state index in [4.69, 9.17) is 14.6 Å². The number of nitrogens with one attached hydrogen (secondary N) is 1. The van der Waals surface area contributed by atoms with Crippen molar-refractivity contribution >= 4 is 50.0 Å². The van der Waals surface area contributed by atoms with Crippen LogP contribution in [0.4, 0.5) is 10.8 Å². The molecule has 0 aliphatic rings. The van der Waals surface area contributed by atoms with Crippen molar-refractivity contribution in [3.05, 3.63) is 77.3 Å². The summed E-state index contributed by atoms with van der Waals surface area (Å²) in [5, 5.41) is 37.0. The van der Waals surface area contributed by atoms with Gasteiger partial charge < -0.3 is 14.6 Å². The molecule has 246 valence electrons. The van der Waals surface area contributed by atoms with E-state index in [0.717, 1.165) is 0 Å². The van der Waals surface area contributed by atoms with Crippen LogP contribution in [0.2, 0.25) is 0 Å². The van der Waals surface area contributed by atoms with Gasteiger partial charge in [0.2, 0.25) is 15.2 Å². The Labute approximate surface area is 273 Å². The van der Waals surface area contributed by atoms with E-state index in [1.54, 1.807) is 76.2 Å². The average molecular weight is 683 g/mol. The van der Waals surface area contributed by atoms with Gasteiger partial charge in [-0.25, -0.2) is 27.8 Å². The first kappa shape index (κ1) is 34.5. The topological polar surface area (TPSA) is 230 Å². The van der Waals surface area contributed by atoms with Crippen molar-refractivity contribution in [3.8, 4) is 16.9 Å². The summed E-state index contributed by atoms with van der Waals surface area (Å²) in [7, 11) is -4.18. The van der Waals surface area contributed by atoms with Crippen molar-refractivity contribution in [1.29, 1.82) is 0 Å². The van der Waals surface area contributed by atoms with Crippen LogP contribution in [0.3, 0.4) is 0 Å². The Kier molecular flexibility index (Phi) is 10.3. The van der Waals surface area contributed by atoms with E-state index in [1.807, 2.05) is 0 Å². The number of aliphatic hydroxyl groups is 1. The third-order valence-corrected chi connectivity index (χ3v) is 7.92. The Morgan fingerprint density at radius 1 is 1.09 bits per heavy atom. The summed E-state index contributed by atoms with van der Waals surface area (Å²) in [6.45, 7) is 7.85. The fourth-order valence-corrected chi connectivity index (χ4v) is 5.27. The molecule has 0 aliphatic carbocycles. The zero-order chi connectivity index (χ0) is 34.5. The van der Waals surface area contributed by atoms with Gasteiger partial charge in [0.25, 0.3) is 15.9 Å². The fourth-order valence-electron chi connectivity index (χ4n) is 3.94. The minimum atomic E-state index is -4.18. The van der Waals surface area contributed by atoms with Crippen molar-refractivity contribution < 1.29 is 37.4 Å². The molecule has 0 spiro atoms. The molecule has 0 saturated carbocycles. The van der Waals surface area contributed by atoms with Gasteiger partial charge in [-0.2, -0.15) is 10.2 Å². The number of allylic oxidation sites excluding steroid dienone is 1. The number of benzene rings is 2. The van der Waals surface area contributed by atoms with Gasteiger partial charge >= 0.3 is 11.9 Å². The first-order chi connectivity index (χ1) is 22.1. The van der Waals surface area contributed by atoms with Gasteiger partial charge in [0.1, 0.15) is 16.9 Å². The molecule has 0 fully saturated rings. The molecular weight excluding hydrogens is 653 g/mol. The largest absolute Gasteiger partial charge is 0.510 e. The molecule has 2 heterocycles. The minimum Gasteiger partial charge on any atom is -0.510 e. The van der Waals surface area contributed by atoms with Crippen LogP contribution in [0, 0.1) is 0 Å². The quantitative estimate of drug-likeness (QED) is 0.0683. The molecule has 0 radical (unpaired) electrons. The molecule has 0 atom stereocenters. The van der Waals surface area contributed by atoms with Crippen molar-refractivity contribution in [1.82, 2.24) is 20.0 Å². The molecule has 2 aromatic carbocycles. The lowest BCUT2D eigenvalue weighted by molar-refractivity contribution is -0.150. The van der Waals surface area contributed by atoms with Crippen molar-refractivity contribution in [3.63, 3.8) is 0 Å². The standard InChI is InChI=1S/C29H30N8O8S2/c1-6-44-25(40)20-22(24(39)31-27-34-35-28(46-27)47(30,42)43)36-37(23(20)17-11-8-7-9-12-17)19-14-10-13-18(15-19)32-33-21(16(2)38)26(41)45-29(3,4)5/h7-15,38H,6H2,1-5H3,(H2,30,42,43)(H,31,34,39)/b21-16-,33-32?. The lowest BCUT2D eigenvalue weighted by Gasteiger charge is -2.19. The normalized spacial score (nSPS) is 12.5. The number of sulfonamides is 1. The number of aromatic nitrogens is 4. The summed E-state index contributed by atoms with van der Waals surface area (Å²) in [6, 6.07) is 14.9. The van der Waals surface area contributed by atoms with E-state index in [9.17, 15) is 27.9 Å². The number of hydrogen-bond donors (Lipinski definition) is 3. The van der Waals surface area contributed by atoms with E-state index in [0.29, 0.717) is 22.6 Å². The minimum absolute atomic E-state index is 0.0128. The van der Waals surface area contributed by atoms with Gasteiger partial charge in [0.15, 0.2) is 5.69 Å². The van der Waals surface area contributed by atoms with Crippen molar-refractivity contribution in [2.75, 3.05) is 11.9 Å². The third-order valence-electron chi connectivity index (χ3n) is 5.77. The third kappa shape index (κ3) is 8.48. The maximum absolute atomic E-state index is 13.6. The maximum atomic E-state index is 13.6. The molecule has 47 heavy (non-hydrogen) atoms. The Morgan fingerprint density at radius 2 is 1.79 bits per heavy atom. The molecular formula is C29H30N8O8S2. The predicted molar refractivity (Wildman–Crippen MR) is 170 cm³/mol.